The van der Waals surface area contributed by atoms with Gasteiger partial charge >= 0.3 is 0 Å². The minimum Gasteiger partial charge on any atom is -0.349 e. The third-order valence-electron chi connectivity index (χ3n) is 4.51. The number of fused-ring (bicyclic) bond motifs is 1. The van der Waals surface area contributed by atoms with Crippen LogP contribution in [0.15, 0.2) is 48.7 Å². The molecule has 0 aliphatic heterocycles. The van der Waals surface area contributed by atoms with Crippen molar-refractivity contribution < 1.29 is 9.59 Å². The van der Waals surface area contributed by atoms with Crippen LogP contribution in [0, 0.1) is 12.8 Å². The highest BCUT2D eigenvalue weighted by Crippen LogP contribution is 2.14. The number of nitrogens with zero attached hydrogens (tertiary/aromatic N) is 2. The minimum atomic E-state index is -0.300. The predicted molar refractivity (Wildman–Crippen MR) is 109 cm³/mol. The fraction of sp³-hybridized carbons (Fsp3) is 0.318. The maximum Gasteiger partial charge on any atom is 0.287 e. The number of aromatic nitrogens is 2. The van der Waals surface area contributed by atoms with Crippen LogP contribution in [0.5, 0.6) is 0 Å². The summed E-state index contributed by atoms with van der Waals surface area (Å²) in [5.41, 5.74) is 3.02. The van der Waals surface area contributed by atoms with Gasteiger partial charge in [-0.25, -0.2) is 4.98 Å². The molecule has 0 saturated carbocycles. The van der Waals surface area contributed by atoms with Crippen molar-refractivity contribution in [2.24, 2.45) is 5.92 Å². The summed E-state index contributed by atoms with van der Waals surface area (Å²) in [6, 6.07) is 13.4. The third-order valence-corrected chi connectivity index (χ3v) is 4.51. The van der Waals surface area contributed by atoms with Crippen molar-refractivity contribution in [3.05, 3.63) is 71.3 Å². The van der Waals surface area contributed by atoms with Crippen molar-refractivity contribution >= 4 is 17.3 Å². The van der Waals surface area contributed by atoms with Crippen LogP contribution >= 0.6 is 0 Å². The zero-order valence-electron chi connectivity index (χ0n) is 16.5. The maximum absolute atomic E-state index is 12.7. The Morgan fingerprint density at radius 3 is 2.64 bits per heavy atom. The summed E-state index contributed by atoms with van der Waals surface area (Å²) in [6.45, 7) is 7.20. The first-order valence-corrected chi connectivity index (χ1v) is 9.54. The number of nitrogens with one attached hydrogen (secondary N) is 2. The van der Waals surface area contributed by atoms with E-state index >= 15 is 0 Å². The summed E-state index contributed by atoms with van der Waals surface area (Å²) in [7, 11) is 0. The molecule has 3 aromatic rings. The molecule has 2 amide bonds. The van der Waals surface area contributed by atoms with E-state index in [4.69, 9.17) is 0 Å². The standard InChI is InChI=1S/C22H26N4O2/c1-15(2)10-11-23-22(28)20-25-19(18-9-4-5-12-26(18)20)21(27)24-14-17-8-6-7-16(3)13-17/h4-9,12-13,15H,10-11,14H2,1-3H3,(H,23,28)(H,24,27). The van der Waals surface area contributed by atoms with Gasteiger partial charge in [-0.05, 0) is 37.0 Å². The number of benzene rings is 1. The molecule has 3 rings (SSSR count). The average molecular weight is 378 g/mol. The number of hydrogen-bond acceptors (Lipinski definition) is 3. The molecule has 0 fully saturated rings. The van der Waals surface area contributed by atoms with Gasteiger partial charge in [-0.2, -0.15) is 0 Å². The molecule has 6 nitrogen and oxygen atoms in total. The zero-order chi connectivity index (χ0) is 20.1. The molecule has 146 valence electrons. The van der Waals surface area contributed by atoms with Crippen LogP contribution in [0.3, 0.4) is 0 Å². The van der Waals surface area contributed by atoms with Crippen LogP contribution in [-0.4, -0.2) is 27.7 Å². The molecule has 0 aliphatic rings. The highest BCUT2D eigenvalue weighted by atomic mass is 16.2. The smallest absolute Gasteiger partial charge is 0.287 e. The van der Waals surface area contributed by atoms with Crippen LogP contribution < -0.4 is 10.6 Å². The molecular weight excluding hydrogens is 352 g/mol. The Morgan fingerprint density at radius 2 is 1.89 bits per heavy atom. The fourth-order valence-corrected chi connectivity index (χ4v) is 3.01. The molecule has 2 heterocycles. The summed E-state index contributed by atoms with van der Waals surface area (Å²) in [4.78, 5) is 29.7. The summed E-state index contributed by atoms with van der Waals surface area (Å²) in [5.74, 6) is 0.145. The van der Waals surface area contributed by atoms with Crippen molar-refractivity contribution in [1.29, 1.82) is 0 Å². The van der Waals surface area contributed by atoms with Gasteiger partial charge in [0.05, 0.1) is 5.52 Å². The second-order valence-corrected chi connectivity index (χ2v) is 7.35. The monoisotopic (exact) mass is 378 g/mol. The van der Waals surface area contributed by atoms with Crippen LogP contribution in [0.4, 0.5) is 0 Å². The normalized spacial score (nSPS) is 11.0. The molecule has 28 heavy (non-hydrogen) atoms. The van der Waals surface area contributed by atoms with Gasteiger partial charge in [0.25, 0.3) is 11.8 Å². The average Bonchev–Trinajstić information content (AvgIpc) is 3.06. The maximum atomic E-state index is 12.7. The Bertz CT molecular complexity index is 991. The van der Waals surface area contributed by atoms with Crippen LogP contribution in [0.1, 0.15) is 52.5 Å². The second-order valence-electron chi connectivity index (χ2n) is 7.35. The lowest BCUT2D eigenvalue weighted by molar-refractivity contribution is 0.0941. The molecule has 0 saturated heterocycles. The van der Waals surface area contributed by atoms with E-state index in [0.29, 0.717) is 24.5 Å². The number of hydrogen-bond donors (Lipinski definition) is 2. The van der Waals surface area contributed by atoms with Crippen molar-refractivity contribution in [3.63, 3.8) is 0 Å². The topological polar surface area (TPSA) is 75.5 Å². The number of carbonyl (C=O) groups excluding carboxylic acids is 2. The second kappa shape index (κ2) is 8.69. The SMILES string of the molecule is Cc1cccc(CNC(=O)c2nc(C(=O)NCCC(C)C)n3ccccc23)c1. The Hall–Kier alpha value is -3.15. The lowest BCUT2D eigenvalue weighted by atomic mass is 10.1. The number of amides is 2. The molecule has 0 atom stereocenters. The zero-order valence-corrected chi connectivity index (χ0v) is 16.5. The quantitative estimate of drug-likeness (QED) is 0.662. The van der Waals surface area contributed by atoms with E-state index < -0.39 is 0 Å². The van der Waals surface area contributed by atoms with Crippen molar-refractivity contribution in [2.75, 3.05) is 6.54 Å². The first kappa shape index (κ1) is 19.6. The fourth-order valence-electron chi connectivity index (χ4n) is 3.01. The first-order chi connectivity index (χ1) is 13.5. The van der Waals surface area contributed by atoms with E-state index in [0.717, 1.165) is 17.5 Å². The molecule has 0 spiro atoms. The largest absolute Gasteiger partial charge is 0.349 e. The van der Waals surface area contributed by atoms with Crippen molar-refractivity contribution in [3.8, 4) is 0 Å². The summed E-state index contributed by atoms with van der Waals surface area (Å²) >= 11 is 0. The highest BCUT2D eigenvalue weighted by molar-refractivity contribution is 6.02. The van der Waals surface area contributed by atoms with Crippen molar-refractivity contribution in [2.45, 2.75) is 33.7 Å². The lowest BCUT2D eigenvalue weighted by Crippen LogP contribution is -2.27. The van der Waals surface area contributed by atoms with Gasteiger partial charge < -0.3 is 10.6 Å². The van der Waals surface area contributed by atoms with E-state index in [1.807, 2.05) is 43.3 Å². The van der Waals surface area contributed by atoms with Gasteiger partial charge in [0.1, 0.15) is 0 Å². The van der Waals surface area contributed by atoms with E-state index in [-0.39, 0.29) is 23.3 Å². The van der Waals surface area contributed by atoms with Gasteiger partial charge in [-0.1, -0.05) is 49.7 Å². The van der Waals surface area contributed by atoms with E-state index in [9.17, 15) is 9.59 Å². The lowest BCUT2D eigenvalue weighted by Gasteiger charge is -2.06. The molecular formula is C22H26N4O2. The molecule has 2 aromatic heterocycles. The Kier molecular flexibility index (Phi) is 6.09. The third kappa shape index (κ3) is 4.57. The molecule has 2 N–H and O–H groups in total. The van der Waals surface area contributed by atoms with Crippen LogP contribution in [0.25, 0.3) is 5.52 Å². The minimum absolute atomic E-state index is 0.222. The van der Waals surface area contributed by atoms with E-state index in [1.54, 1.807) is 16.7 Å². The van der Waals surface area contributed by atoms with E-state index in [2.05, 4.69) is 29.5 Å². The first-order valence-electron chi connectivity index (χ1n) is 9.54. The number of aryl methyl sites for hydroxylation is 1. The van der Waals surface area contributed by atoms with Gasteiger partial charge in [-0.3, -0.25) is 14.0 Å². The van der Waals surface area contributed by atoms with Crippen molar-refractivity contribution in [1.82, 2.24) is 20.0 Å². The Balaban J connectivity index is 1.79. The highest BCUT2D eigenvalue weighted by Gasteiger charge is 2.21. The molecule has 0 aliphatic carbocycles. The van der Waals surface area contributed by atoms with Crippen LogP contribution in [0.2, 0.25) is 0 Å². The molecule has 1 aromatic carbocycles. The van der Waals surface area contributed by atoms with Crippen LogP contribution in [-0.2, 0) is 6.54 Å². The Labute approximate surface area is 165 Å². The van der Waals surface area contributed by atoms with Gasteiger partial charge in [0, 0.05) is 19.3 Å². The molecule has 0 unspecified atom stereocenters. The number of imidazole rings is 1. The van der Waals surface area contributed by atoms with Gasteiger partial charge in [-0.15, -0.1) is 0 Å². The van der Waals surface area contributed by atoms with E-state index in [1.165, 1.54) is 0 Å². The molecule has 0 radical (unpaired) electrons. The van der Waals surface area contributed by atoms with Gasteiger partial charge in [0.2, 0.25) is 5.82 Å². The number of carbonyl (C=O) groups is 2. The van der Waals surface area contributed by atoms with Gasteiger partial charge in [0.15, 0.2) is 5.69 Å². The summed E-state index contributed by atoms with van der Waals surface area (Å²) in [5, 5.41) is 5.78. The molecule has 0 bridgehead atoms. The number of pyridine rings is 1. The summed E-state index contributed by atoms with van der Waals surface area (Å²) in [6.07, 6.45) is 2.63. The summed E-state index contributed by atoms with van der Waals surface area (Å²) < 4.78 is 1.66. The predicted octanol–water partition coefficient (Wildman–Crippen LogP) is 3.35. The molecule has 6 heteroatoms. The Morgan fingerprint density at radius 1 is 1.07 bits per heavy atom. The number of rotatable bonds is 7.